The van der Waals surface area contributed by atoms with Crippen molar-refractivity contribution in [3.63, 3.8) is 0 Å². The lowest BCUT2D eigenvalue weighted by Gasteiger charge is -2.41. The molecule has 1 saturated carbocycles. The number of esters is 2. The number of ether oxygens (including phenoxy) is 3. The number of amides is 1. The van der Waals surface area contributed by atoms with E-state index in [1.165, 1.54) is 6.08 Å². The zero-order chi connectivity index (χ0) is 26.5. The van der Waals surface area contributed by atoms with E-state index in [2.05, 4.69) is 17.4 Å². The second kappa shape index (κ2) is 10.9. The number of carbonyl (C=O) groups excluding carboxylic acids is 3. The Kier molecular flexibility index (Phi) is 7.26. The van der Waals surface area contributed by atoms with E-state index in [-0.39, 0.29) is 38.6 Å². The Balaban J connectivity index is 1.27. The van der Waals surface area contributed by atoms with Crippen LogP contribution in [0.15, 0.2) is 90.5 Å². The molecule has 1 fully saturated rings. The molecule has 0 spiro atoms. The third-order valence-corrected chi connectivity index (χ3v) is 6.95. The molecule has 194 valence electrons. The quantitative estimate of drug-likeness (QED) is 0.251. The van der Waals surface area contributed by atoms with E-state index in [0.717, 1.165) is 27.8 Å². The van der Waals surface area contributed by atoms with Crippen molar-refractivity contribution in [3.05, 3.63) is 107 Å². The van der Waals surface area contributed by atoms with Crippen molar-refractivity contribution in [2.75, 3.05) is 13.2 Å². The van der Waals surface area contributed by atoms with Crippen LogP contribution in [0.25, 0.3) is 11.1 Å². The number of benzene rings is 3. The second-order valence-corrected chi connectivity index (χ2v) is 9.50. The third kappa shape index (κ3) is 5.18. The van der Waals surface area contributed by atoms with Crippen molar-refractivity contribution in [1.82, 2.24) is 5.32 Å². The molecule has 5 rings (SSSR count). The lowest BCUT2D eigenvalue weighted by molar-refractivity contribution is -0.155. The fraction of sp³-hybridized carbons (Fsp3) is 0.258. The summed E-state index contributed by atoms with van der Waals surface area (Å²) in [7, 11) is 0. The number of carbonyl (C=O) groups is 3. The summed E-state index contributed by atoms with van der Waals surface area (Å²) < 4.78 is 16.2. The van der Waals surface area contributed by atoms with Crippen LogP contribution in [0.3, 0.4) is 0 Å². The van der Waals surface area contributed by atoms with Gasteiger partial charge in [0.2, 0.25) is 0 Å². The Labute approximate surface area is 221 Å². The molecule has 38 heavy (non-hydrogen) atoms. The van der Waals surface area contributed by atoms with E-state index in [1.54, 1.807) is 6.92 Å². The number of hydrogen-bond acceptors (Lipinski definition) is 6. The summed E-state index contributed by atoms with van der Waals surface area (Å²) in [5.41, 5.74) is 4.67. The Bertz CT molecular complexity index is 1330. The minimum atomic E-state index is -1.31. The summed E-state index contributed by atoms with van der Waals surface area (Å²) >= 11 is 0. The number of hydrogen-bond donors (Lipinski definition) is 1. The average Bonchev–Trinajstić information content (AvgIpc) is 3.23. The van der Waals surface area contributed by atoms with Gasteiger partial charge in [0.15, 0.2) is 0 Å². The largest absolute Gasteiger partial charge is 0.463 e. The maximum absolute atomic E-state index is 13.2. The highest BCUT2D eigenvalue weighted by atomic mass is 16.6. The average molecular weight is 512 g/mol. The van der Waals surface area contributed by atoms with Gasteiger partial charge in [0.05, 0.1) is 6.61 Å². The molecule has 0 unspecified atom stereocenters. The van der Waals surface area contributed by atoms with E-state index in [0.29, 0.717) is 5.57 Å². The van der Waals surface area contributed by atoms with Crippen LogP contribution in [-0.4, -0.2) is 36.8 Å². The van der Waals surface area contributed by atoms with Gasteiger partial charge in [0, 0.05) is 24.8 Å². The van der Waals surface area contributed by atoms with E-state index in [1.807, 2.05) is 66.7 Å². The molecule has 1 N–H and O–H groups in total. The molecule has 0 atom stereocenters. The normalized spacial score (nSPS) is 17.4. The van der Waals surface area contributed by atoms with Crippen LogP contribution in [0.4, 0.5) is 4.79 Å². The highest BCUT2D eigenvalue weighted by Crippen LogP contribution is 2.44. The van der Waals surface area contributed by atoms with Crippen LogP contribution in [0.5, 0.6) is 0 Å². The van der Waals surface area contributed by atoms with Gasteiger partial charge in [-0.1, -0.05) is 84.4 Å². The fourth-order valence-electron chi connectivity index (χ4n) is 5.15. The fourth-order valence-corrected chi connectivity index (χ4v) is 5.15. The van der Waals surface area contributed by atoms with Crippen LogP contribution >= 0.6 is 0 Å². The number of rotatable bonds is 8. The predicted octanol–water partition coefficient (Wildman–Crippen LogP) is 5.29. The minimum Gasteiger partial charge on any atom is -0.463 e. The Morgan fingerprint density at radius 2 is 1.45 bits per heavy atom. The summed E-state index contributed by atoms with van der Waals surface area (Å²) in [5.74, 6) is -1.15. The van der Waals surface area contributed by atoms with Crippen LogP contribution in [0, 0.1) is 0 Å². The van der Waals surface area contributed by atoms with Crippen molar-refractivity contribution >= 4 is 18.0 Å². The predicted molar refractivity (Wildman–Crippen MR) is 141 cm³/mol. The first kappa shape index (κ1) is 25.3. The molecule has 1 amide bonds. The van der Waals surface area contributed by atoms with Crippen LogP contribution < -0.4 is 5.32 Å². The van der Waals surface area contributed by atoms with Crippen molar-refractivity contribution in [2.24, 2.45) is 0 Å². The molecule has 0 heterocycles. The molecule has 0 bridgehead atoms. The lowest BCUT2D eigenvalue weighted by atomic mass is 9.72. The molecular weight excluding hydrogens is 482 g/mol. The van der Waals surface area contributed by atoms with Gasteiger partial charge in [-0.3, -0.25) is 0 Å². The Morgan fingerprint density at radius 1 is 0.842 bits per heavy atom. The highest BCUT2D eigenvalue weighted by Gasteiger charge is 2.50. The van der Waals surface area contributed by atoms with Crippen LogP contribution in [0.1, 0.15) is 42.4 Å². The van der Waals surface area contributed by atoms with Crippen molar-refractivity contribution in [1.29, 1.82) is 0 Å². The van der Waals surface area contributed by atoms with Gasteiger partial charge in [0.1, 0.15) is 18.8 Å². The molecule has 0 saturated heterocycles. The van der Waals surface area contributed by atoms with E-state index in [9.17, 15) is 14.4 Å². The summed E-state index contributed by atoms with van der Waals surface area (Å²) in [6.07, 6.45) is 0.942. The zero-order valence-electron chi connectivity index (χ0n) is 21.1. The van der Waals surface area contributed by atoms with Crippen molar-refractivity contribution < 1.29 is 28.6 Å². The summed E-state index contributed by atoms with van der Waals surface area (Å²) in [6, 6.07) is 25.5. The van der Waals surface area contributed by atoms with Crippen molar-refractivity contribution in [2.45, 2.75) is 37.8 Å². The lowest BCUT2D eigenvalue weighted by Crippen LogP contribution is -2.61. The molecule has 0 aromatic heterocycles. The molecule has 7 nitrogen and oxygen atoms in total. The topological polar surface area (TPSA) is 90.9 Å². The van der Waals surface area contributed by atoms with Gasteiger partial charge in [-0.2, -0.15) is 0 Å². The second-order valence-electron chi connectivity index (χ2n) is 9.50. The molecule has 0 radical (unpaired) electrons. The molecule has 2 aliphatic rings. The van der Waals surface area contributed by atoms with E-state index in [4.69, 9.17) is 14.2 Å². The Hall–Kier alpha value is -4.39. The smallest absolute Gasteiger partial charge is 0.408 e. The van der Waals surface area contributed by atoms with Gasteiger partial charge in [-0.05, 0) is 34.7 Å². The maximum Gasteiger partial charge on any atom is 0.408 e. The Morgan fingerprint density at radius 3 is 2.08 bits per heavy atom. The molecule has 7 heteroatoms. The monoisotopic (exact) mass is 511 g/mol. The van der Waals surface area contributed by atoms with Crippen LogP contribution in [0.2, 0.25) is 0 Å². The summed E-state index contributed by atoms with van der Waals surface area (Å²) in [4.78, 5) is 38.0. The summed E-state index contributed by atoms with van der Waals surface area (Å²) in [5, 5.41) is 2.74. The minimum absolute atomic E-state index is 0.0741. The zero-order valence-corrected chi connectivity index (χ0v) is 21.1. The number of nitrogens with one attached hydrogen (secondary N) is 1. The highest BCUT2D eigenvalue weighted by molar-refractivity contribution is 5.90. The van der Waals surface area contributed by atoms with Gasteiger partial charge in [-0.15, -0.1) is 0 Å². The van der Waals surface area contributed by atoms with Gasteiger partial charge in [-0.25, -0.2) is 14.4 Å². The molecule has 3 aromatic rings. The standard InChI is InChI=1S/C31H29NO6/c1-2-36-28(33)16-22-17-31(18-22,29(34)37-19-21-10-4-3-5-11-21)32-30(35)38-20-27-25-14-8-6-12-23(25)24-13-7-9-15-26(24)27/h3-16,27H,2,17-20H2,1H3,(H,32,35). The van der Waals surface area contributed by atoms with Gasteiger partial charge >= 0.3 is 18.0 Å². The molecular formula is C31H29NO6. The molecule has 2 aliphatic carbocycles. The maximum atomic E-state index is 13.2. The van der Waals surface area contributed by atoms with Gasteiger partial charge < -0.3 is 19.5 Å². The third-order valence-electron chi connectivity index (χ3n) is 6.95. The first-order chi connectivity index (χ1) is 18.5. The molecule has 3 aromatic carbocycles. The molecule has 0 aliphatic heterocycles. The number of fused-ring (bicyclic) bond motifs is 3. The van der Waals surface area contributed by atoms with E-state index >= 15 is 0 Å². The van der Waals surface area contributed by atoms with E-state index < -0.39 is 23.6 Å². The first-order valence-corrected chi connectivity index (χ1v) is 12.7. The number of alkyl carbamates (subject to hydrolysis) is 1. The summed E-state index contributed by atoms with van der Waals surface area (Å²) in [6.45, 7) is 2.18. The first-order valence-electron chi connectivity index (χ1n) is 12.7. The van der Waals surface area contributed by atoms with Gasteiger partial charge in [0.25, 0.3) is 0 Å². The SMILES string of the molecule is CCOC(=O)C=C1CC(NC(=O)OCC2c3ccccc3-c3ccccc32)(C(=O)OCc2ccccc2)C1. The van der Waals surface area contributed by atoms with Crippen molar-refractivity contribution in [3.8, 4) is 11.1 Å². The van der Waals surface area contributed by atoms with Crippen LogP contribution in [-0.2, 0) is 30.4 Å².